The van der Waals surface area contributed by atoms with Crippen molar-refractivity contribution in [3.05, 3.63) is 85.1 Å². The summed E-state index contributed by atoms with van der Waals surface area (Å²) in [6.07, 6.45) is 65.9. The van der Waals surface area contributed by atoms with Crippen molar-refractivity contribution in [3.63, 3.8) is 0 Å². The molecule has 0 N–H and O–H groups in total. The van der Waals surface area contributed by atoms with Gasteiger partial charge in [-0.15, -0.1) is 0 Å². The predicted molar refractivity (Wildman–Crippen MR) is 260 cm³/mol. The normalized spacial score (nSPS) is 12.9. The molecule has 0 aliphatic heterocycles. The number of unbranched alkanes of at least 4 members (excludes halogenated alkanes) is 20. The minimum absolute atomic E-state index is 0.0604. The first-order valence-corrected chi connectivity index (χ1v) is 25.1. The van der Waals surface area contributed by atoms with Crippen LogP contribution in [0.25, 0.3) is 0 Å². The van der Waals surface area contributed by atoms with Gasteiger partial charge in [0.1, 0.15) is 6.61 Å². The van der Waals surface area contributed by atoms with Crippen molar-refractivity contribution in [1.29, 1.82) is 0 Å². The van der Waals surface area contributed by atoms with E-state index in [0.717, 1.165) is 109 Å². The van der Waals surface area contributed by atoms with Gasteiger partial charge in [-0.2, -0.15) is 0 Å². The Morgan fingerprint density at radius 3 is 1.22 bits per heavy atom. The lowest BCUT2D eigenvalue weighted by atomic mass is 10.1. The maximum absolute atomic E-state index is 12.8. The topological polar surface area (TPSA) is 61.8 Å². The lowest BCUT2D eigenvalue weighted by molar-refractivity contribution is -0.163. The average molecular weight is 835 g/mol. The molecular formula is C55H94O5. The Kier molecular flexibility index (Phi) is 48.0. The maximum Gasteiger partial charge on any atom is 0.306 e. The van der Waals surface area contributed by atoms with Crippen molar-refractivity contribution in [1.82, 2.24) is 0 Å². The van der Waals surface area contributed by atoms with Gasteiger partial charge in [-0.3, -0.25) is 9.59 Å². The number of carbonyl (C=O) groups excluding carboxylic acids is 2. The van der Waals surface area contributed by atoms with Crippen molar-refractivity contribution < 1.29 is 23.8 Å². The minimum atomic E-state index is -0.562. The highest BCUT2D eigenvalue weighted by Gasteiger charge is 2.17. The van der Waals surface area contributed by atoms with Crippen LogP contribution in [0.2, 0.25) is 0 Å². The first-order valence-electron chi connectivity index (χ1n) is 25.1. The summed E-state index contributed by atoms with van der Waals surface area (Å²) in [5.41, 5.74) is 0. The highest BCUT2D eigenvalue weighted by Crippen LogP contribution is 2.13. The Bertz CT molecular complexity index is 1130. The number of carbonyl (C=O) groups is 2. The summed E-state index contributed by atoms with van der Waals surface area (Å²) in [6.45, 7) is 7.52. The number of ether oxygens (including phenoxy) is 3. The fourth-order valence-corrected chi connectivity index (χ4v) is 6.71. The lowest BCUT2D eigenvalue weighted by Crippen LogP contribution is -2.30. The molecule has 0 aromatic rings. The third kappa shape index (κ3) is 47.8. The van der Waals surface area contributed by atoms with Crippen LogP contribution < -0.4 is 0 Å². The number of esters is 2. The second-order valence-corrected chi connectivity index (χ2v) is 16.3. The number of allylic oxidation sites excluding steroid dienone is 14. The Balaban J connectivity index is 4.35. The van der Waals surface area contributed by atoms with Crippen molar-refractivity contribution >= 4 is 11.9 Å². The molecule has 0 saturated heterocycles. The van der Waals surface area contributed by atoms with Gasteiger partial charge in [0.15, 0.2) is 6.10 Å². The molecule has 0 radical (unpaired) electrons. The zero-order valence-electron chi connectivity index (χ0n) is 39.5. The maximum atomic E-state index is 12.8. The van der Waals surface area contributed by atoms with E-state index in [0.29, 0.717) is 19.4 Å². The summed E-state index contributed by atoms with van der Waals surface area (Å²) >= 11 is 0. The summed E-state index contributed by atoms with van der Waals surface area (Å²) in [6, 6.07) is 0. The third-order valence-corrected chi connectivity index (χ3v) is 10.4. The molecule has 0 saturated carbocycles. The third-order valence-electron chi connectivity index (χ3n) is 10.4. The Hall–Kier alpha value is -2.92. The lowest BCUT2D eigenvalue weighted by Gasteiger charge is -2.18. The molecule has 1 atom stereocenters. The summed E-state index contributed by atoms with van der Waals surface area (Å²) in [4.78, 5) is 25.4. The molecule has 0 fully saturated rings. The quantitative estimate of drug-likeness (QED) is 0.0347. The molecule has 5 heteroatoms. The molecule has 0 aromatic carbocycles. The number of hydrogen-bond acceptors (Lipinski definition) is 5. The van der Waals surface area contributed by atoms with E-state index in [1.165, 1.54) is 83.5 Å². The minimum Gasteiger partial charge on any atom is -0.462 e. The second kappa shape index (κ2) is 50.4. The van der Waals surface area contributed by atoms with Gasteiger partial charge in [0.05, 0.1) is 6.61 Å². The molecule has 0 bridgehead atoms. The van der Waals surface area contributed by atoms with Crippen molar-refractivity contribution in [2.24, 2.45) is 0 Å². The highest BCUT2D eigenvalue weighted by molar-refractivity contribution is 5.70. The van der Waals surface area contributed by atoms with Crippen LogP contribution in [0.4, 0.5) is 0 Å². The standard InChI is InChI=1S/C55H94O5/c1-4-7-10-13-16-19-22-25-28-30-33-36-39-42-45-48-54(56)59-52-53(51-58-50-47-44-41-38-35-32-27-24-21-18-15-12-9-6-3)60-55(57)49-46-43-40-37-34-31-29-26-23-20-17-14-11-8-5-2/h7,9-10,12,16,18-19,21,25-29,32,53H,4-6,8,11,13-15,17,20,22-24,30-31,33-52H2,1-3H3/b10-7-,12-9-,19-16-,21-18-,28-25-,29-26-,32-27-. The van der Waals surface area contributed by atoms with Gasteiger partial charge in [-0.25, -0.2) is 0 Å². The van der Waals surface area contributed by atoms with Gasteiger partial charge in [0.2, 0.25) is 0 Å². The Morgan fingerprint density at radius 2 is 0.750 bits per heavy atom. The predicted octanol–water partition coefficient (Wildman–Crippen LogP) is 16.9. The van der Waals surface area contributed by atoms with Crippen LogP contribution in [0.15, 0.2) is 85.1 Å². The van der Waals surface area contributed by atoms with E-state index < -0.39 is 6.10 Å². The van der Waals surface area contributed by atoms with E-state index in [9.17, 15) is 9.59 Å². The van der Waals surface area contributed by atoms with E-state index in [1.807, 2.05) is 0 Å². The largest absolute Gasteiger partial charge is 0.462 e. The van der Waals surface area contributed by atoms with Crippen molar-refractivity contribution in [3.8, 4) is 0 Å². The van der Waals surface area contributed by atoms with E-state index >= 15 is 0 Å². The summed E-state index contributed by atoms with van der Waals surface area (Å²) < 4.78 is 17.3. The van der Waals surface area contributed by atoms with Crippen molar-refractivity contribution in [2.45, 2.75) is 232 Å². The first kappa shape index (κ1) is 57.1. The molecule has 344 valence electrons. The molecular weight excluding hydrogens is 741 g/mol. The van der Waals surface area contributed by atoms with Gasteiger partial charge in [0.25, 0.3) is 0 Å². The number of hydrogen-bond donors (Lipinski definition) is 0. The Labute approximate surface area is 371 Å². The molecule has 0 amide bonds. The fourth-order valence-electron chi connectivity index (χ4n) is 6.71. The highest BCUT2D eigenvalue weighted by atomic mass is 16.6. The van der Waals surface area contributed by atoms with Crippen LogP contribution in [-0.2, 0) is 23.8 Å². The van der Waals surface area contributed by atoms with Gasteiger partial charge in [0, 0.05) is 19.4 Å². The van der Waals surface area contributed by atoms with Crippen LogP contribution in [0.3, 0.4) is 0 Å². The zero-order valence-corrected chi connectivity index (χ0v) is 39.5. The summed E-state index contributed by atoms with van der Waals surface area (Å²) in [5.74, 6) is -0.441. The van der Waals surface area contributed by atoms with E-state index in [2.05, 4.69) is 106 Å². The molecule has 0 rings (SSSR count). The van der Waals surface area contributed by atoms with Gasteiger partial charge in [-0.05, 0) is 109 Å². The Morgan fingerprint density at radius 1 is 0.383 bits per heavy atom. The monoisotopic (exact) mass is 835 g/mol. The van der Waals surface area contributed by atoms with Gasteiger partial charge < -0.3 is 14.2 Å². The smallest absolute Gasteiger partial charge is 0.306 e. The average Bonchev–Trinajstić information content (AvgIpc) is 3.25. The van der Waals surface area contributed by atoms with Crippen LogP contribution in [0, 0.1) is 0 Å². The SMILES string of the molecule is CC/C=C\C/C=C\C/C=C\CCCCCCCC(=O)OCC(COCCCCCC/C=C\C/C=C\C/C=C\CC)OC(=O)CCCCCCC/C=C\CCCCCCCC. The van der Waals surface area contributed by atoms with E-state index in [4.69, 9.17) is 14.2 Å². The number of rotatable bonds is 45. The second-order valence-electron chi connectivity index (χ2n) is 16.3. The fraction of sp³-hybridized carbons (Fsp3) is 0.709. The van der Waals surface area contributed by atoms with E-state index in [1.54, 1.807) is 0 Å². The molecule has 0 aromatic heterocycles. The molecule has 60 heavy (non-hydrogen) atoms. The summed E-state index contributed by atoms with van der Waals surface area (Å²) in [7, 11) is 0. The molecule has 0 spiro atoms. The molecule has 5 nitrogen and oxygen atoms in total. The van der Waals surface area contributed by atoms with Gasteiger partial charge in [-0.1, -0.05) is 189 Å². The molecule has 0 heterocycles. The van der Waals surface area contributed by atoms with Crippen LogP contribution in [0.5, 0.6) is 0 Å². The first-order chi connectivity index (χ1) is 29.6. The van der Waals surface area contributed by atoms with Crippen LogP contribution in [0.1, 0.15) is 226 Å². The molecule has 0 aliphatic rings. The van der Waals surface area contributed by atoms with Crippen molar-refractivity contribution in [2.75, 3.05) is 19.8 Å². The summed E-state index contributed by atoms with van der Waals surface area (Å²) in [5, 5.41) is 0. The van der Waals surface area contributed by atoms with Crippen LogP contribution in [-0.4, -0.2) is 37.9 Å². The zero-order chi connectivity index (χ0) is 43.5. The van der Waals surface area contributed by atoms with Crippen LogP contribution >= 0.6 is 0 Å². The van der Waals surface area contributed by atoms with E-state index in [-0.39, 0.29) is 25.2 Å². The van der Waals surface area contributed by atoms with Gasteiger partial charge >= 0.3 is 11.9 Å². The molecule has 1 unspecified atom stereocenters. The molecule has 0 aliphatic carbocycles.